The maximum Gasteiger partial charge on any atom is 0.322 e. The average molecular weight is 315 g/mol. The first-order chi connectivity index (χ1) is 10.9. The fraction of sp³-hybridized carbons (Fsp3) is 0.250. The molecule has 7 nitrogen and oxygen atoms in total. The Hall–Kier alpha value is -2.96. The van der Waals surface area contributed by atoms with Crippen molar-refractivity contribution < 1.29 is 14.7 Å². The number of carboxylic acid groups (broad SMARTS) is 1. The zero-order valence-electron chi connectivity index (χ0n) is 12.8. The predicted octanol–water partition coefficient (Wildman–Crippen LogP) is 1.37. The first kappa shape index (κ1) is 16.4. The van der Waals surface area contributed by atoms with Gasteiger partial charge < -0.3 is 15.4 Å². The number of carbonyl (C=O) groups excluding carboxylic acids is 1. The summed E-state index contributed by atoms with van der Waals surface area (Å²) >= 11 is 0. The normalized spacial score (nSPS) is 10.6. The highest BCUT2D eigenvalue weighted by atomic mass is 16.4. The molecular weight excluding hydrogens is 298 g/mol. The topological polar surface area (TPSA) is 112 Å². The molecule has 0 bridgehead atoms. The Labute approximate surface area is 132 Å². The highest BCUT2D eigenvalue weighted by Gasteiger charge is 2.15. The van der Waals surface area contributed by atoms with Gasteiger partial charge in [0.1, 0.15) is 6.54 Å². The summed E-state index contributed by atoms with van der Waals surface area (Å²) in [5.74, 6) is -1.69. The Bertz CT molecular complexity index is 796. The summed E-state index contributed by atoms with van der Waals surface area (Å²) in [6.07, 6.45) is 1.43. The molecule has 1 amide bonds. The minimum Gasteiger partial charge on any atom is -0.480 e. The van der Waals surface area contributed by atoms with Crippen molar-refractivity contribution in [2.75, 3.05) is 6.54 Å². The number of nitrogens with zero attached hydrogens (tertiary/aromatic N) is 1. The van der Waals surface area contributed by atoms with Gasteiger partial charge in [-0.05, 0) is 17.5 Å². The minimum atomic E-state index is -1.20. The summed E-state index contributed by atoms with van der Waals surface area (Å²) < 4.78 is 0. The molecule has 0 radical (unpaired) electrons. The smallest absolute Gasteiger partial charge is 0.322 e. The second-order valence-corrected chi connectivity index (χ2v) is 5.32. The molecule has 3 N–H and O–H groups in total. The van der Waals surface area contributed by atoms with Crippen molar-refractivity contribution in [1.29, 1.82) is 0 Å². The number of H-pyrrole nitrogens is 1. The summed E-state index contributed by atoms with van der Waals surface area (Å²) in [7, 11) is 0. The number of carbonyl (C=O) groups is 2. The van der Waals surface area contributed by atoms with E-state index in [1.165, 1.54) is 6.20 Å². The van der Waals surface area contributed by atoms with E-state index in [2.05, 4.69) is 29.1 Å². The van der Waals surface area contributed by atoms with Crippen LogP contribution in [-0.4, -0.2) is 33.5 Å². The van der Waals surface area contributed by atoms with Crippen LogP contribution < -0.4 is 10.9 Å². The molecule has 0 saturated carbocycles. The number of aromatic nitrogens is 2. The second-order valence-electron chi connectivity index (χ2n) is 5.32. The molecule has 0 aliphatic carbocycles. The van der Waals surface area contributed by atoms with Gasteiger partial charge in [-0.25, -0.2) is 4.98 Å². The van der Waals surface area contributed by atoms with Crippen LogP contribution in [0, 0.1) is 0 Å². The van der Waals surface area contributed by atoms with Crippen LogP contribution >= 0.6 is 0 Å². The number of nitrogens with one attached hydrogen (secondary N) is 2. The number of amides is 1. The zero-order valence-corrected chi connectivity index (χ0v) is 12.8. The first-order valence-electron chi connectivity index (χ1n) is 7.08. The van der Waals surface area contributed by atoms with Crippen LogP contribution in [0.1, 0.15) is 35.8 Å². The molecule has 2 rings (SSSR count). The molecule has 0 aliphatic heterocycles. The third-order valence-electron chi connectivity index (χ3n) is 3.25. The largest absolute Gasteiger partial charge is 0.480 e. The van der Waals surface area contributed by atoms with Crippen molar-refractivity contribution in [2.45, 2.75) is 19.8 Å². The average Bonchev–Trinajstić information content (AvgIpc) is 2.53. The zero-order chi connectivity index (χ0) is 17.0. The van der Waals surface area contributed by atoms with E-state index in [4.69, 9.17) is 5.11 Å². The van der Waals surface area contributed by atoms with Gasteiger partial charge in [-0.2, -0.15) is 0 Å². The predicted molar refractivity (Wildman–Crippen MR) is 84.4 cm³/mol. The summed E-state index contributed by atoms with van der Waals surface area (Å²) in [6, 6.07) is 7.62. The molecule has 1 heterocycles. The number of aliphatic carboxylic acids is 1. The van der Waals surface area contributed by atoms with Crippen molar-refractivity contribution in [3.05, 3.63) is 52.1 Å². The number of rotatable bonds is 5. The lowest BCUT2D eigenvalue weighted by atomic mass is 10.00. The van der Waals surface area contributed by atoms with E-state index in [0.717, 1.165) is 11.1 Å². The van der Waals surface area contributed by atoms with Gasteiger partial charge in [0, 0.05) is 11.8 Å². The van der Waals surface area contributed by atoms with Crippen LogP contribution in [-0.2, 0) is 4.79 Å². The molecule has 0 aliphatic rings. The molecule has 0 atom stereocenters. The van der Waals surface area contributed by atoms with E-state index in [9.17, 15) is 14.4 Å². The van der Waals surface area contributed by atoms with Crippen molar-refractivity contribution in [1.82, 2.24) is 15.3 Å². The van der Waals surface area contributed by atoms with Crippen LogP contribution in [0.3, 0.4) is 0 Å². The van der Waals surface area contributed by atoms with Crippen LogP contribution in [0.25, 0.3) is 11.3 Å². The third-order valence-corrected chi connectivity index (χ3v) is 3.25. The van der Waals surface area contributed by atoms with Gasteiger partial charge in [0.25, 0.3) is 11.5 Å². The van der Waals surface area contributed by atoms with Crippen molar-refractivity contribution in [3.63, 3.8) is 0 Å². The van der Waals surface area contributed by atoms with Gasteiger partial charge in [0.2, 0.25) is 0 Å². The van der Waals surface area contributed by atoms with Crippen molar-refractivity contribution in [2.24, 2.45) is 0 Å². The third kappa shape index (κ3) is 4.03. The molecule has 120 valence electrons. The van der Waals surface area contributed by atoms with Crippen molar-refractivity contribution >= 4 is 11.9 Å². The van der Waals surface area contributed by atoms with Crippen molar-refractivity contribution in [3.8, 4) is 11.3 Å². The summed E-state index contributed by atoms with van der Waals surface area (Å²) in [5.41, 5.74) is 1.27. The van der Waals surface area contributed by atoms with E-state index < -0.39 is 24.0 Å². The molecule has 1 aromatic carbocycles. The number of aromatic amines is 1. The molecule has 1 aromatic heterocycles. The Morgan fingerprint density at radius 3 is 2.74 bits per heavy atom. The maximum absolute atomic E-state index is 11.9. The summed E-state index contributed by atoms with van der Waals surface area (Å²) in [5, 5.41) is 10.7. The first-order valence-corrected chi connectivity index (χ1v) is 7.08. The minimum absolute atomic E-state index is 0.330. The lowest BCUT2D eigenvalue weighted by molar-refractivity contribution is -0.135. The second kappa shape index (κ2) is 6.87. The monoisotopic (exact) mass is 315 g/mol. The molecular formula is C16H17N3O4. The Balaban J connectivity index is 2.37. The van der Waals surface area contributed by atoms with Crippen LogP contribution in [0.2, 0.25) is 0 Å². The van der Waals surface area contributed by atoms with Gasteiger partial charge in [-0.3, -0.25) is 14.4 Å². The van der Waals surface area contributed by atoms with Crippen LogP contribution in [0.15, 0.2) is 35.3 Å². The fourth-order valence-electron chi connectivity index (χ4n) is 2.00. The van der Waals surface area contributed by atoms with Crippen LogP contribution in [0.5, 0.6) is 0 Å². The van der Waals surface area contributed by atoms with E-state index >= 15 is 0 Å². The standard InChI is InChI=1S/C16H17N3O4/c1-9(2)10-4-3-5-11(6-10)12-7-17-15(22)14(19-12)16(23)18-8-13(20)21/h3-7,9H,8H2,1-2H3,(H,17,22)(H,18,23)(H,20,21). The lowest BCUT2D eigenvalue weighted by Gasteiger charge is -2.08. The van der Waals surface area contributed by atoms with Gasteiger partial charge in [-0.1, -0.05) is 32.0 Å². The molecule has 0 fully saturated rings. The lowest BCUT2D eigenvalue weighted by Crippen LogP contribution is -2.34. The highest BCUT2D eigenvalue weighted by molar-refractivity contribution is 5.94. The molecule has 2 aromatic rings. The number of hydrogen-bond acceptors (Lipinski definition) is 4. The SMILES string of the molecule is CC(C)c1cccc(-c2c[nH]c(=O)c(C(=O)NCC(=O)O)n2)c1. The summed E-state index contributed by atoms with van der Waals surface area (Å²) in [6.45, 7) is 3.54. The van der Waals surface area contributed by atoms with Gasteiger partial charge >= 0.3 is 5.97 Å². The summed E-state index contributed by atoms with van der Waals surface area (Å²) in [4.78, 5) is 40.6. The molecule has 0 spiro atoms. The highest BCUT2D eigenvalue weighted by Crippen LogP contribution is 2.21. The Kier molecular flexibility index (Phi) is 4.90. The van der Waals surface area contributed by atoms with Gasteiger partial charge in [0.15, 0.2) is 5.69 Å². The van der Waals surface area contributed by atoms with E-state index in [0.29, 0.717) is 11.6 Å². The van der Waals surface area contributed by atoms with Crippen LogP contribution in [0.4, 0.5) is 0 Å². The Morgan fingerprint density at radius 2 is 2.09 bits per heavy atom. The number of hydrogen-bond donors (Lipinski definition) is 3. The Morgan fingerprint density at radius 1 is 1.35 bits per heavy atom. The number of benzene rings is 1. The number of carboxylic acids is 1. The van der Waals surface area contributed by atoms with E-state index in [-0.39, 0.29) is 5.69 Å². The quantitative estimate of drug-likeness (QED) is 0.771. The maximum atomic E-state index is 11.9. The van der Waals surface area contributed by atoms with Gasteiger partial charge in [0.05, 0.1) is 5.69 Å². The molecule has 0 unspecified atom stereocenters. The fourth-order valence-corrected chi connectivity index (χ4v) is 2.00. The van der Waals surface area contributed by atoms with E-state index in [1.54, 1.807) is 0 Å². The van der Waals surface area contributed by atoms with Gasteiger partial charge in [-0.15, -0.1) is 0 Å². The molecule has 23 heavy (non-hydrogen) atoms. The molecule has 0 saturated heterocycles. The van der Waals surface area contributed by atoms with E-state index in [1.807, 2.05) is 24.3 Å². The molecule has 7 heteroatoms.